The van der Waals surface area contributed by atoms with Crippen molar-refractivity contribution in [3.8, 4) is 67.5 Å². The molecule has 0 aliphatic rings. The van der Waals surface area contributed by atoms with Crippen LogP contribution in [0.5, 0.6) is 0 Å². The molecule has 0 amide bonds. The van der Waals surface area contributed by atoms with Crippen LogP contribution in [-0.2, 0) is 6.42 Å². The molecule has 0 radical (unpaired) electrons. The van der Waals surface area contributed by atoms with E-state index in [0.717, 1.165) is 72.6 Å². The molecule has 6 nitrogen and oxygen atoms in total. The molecule has 60 heavy (non-hydrogen) atoms. The molecular weight excluding hydrogens is 733 g/mol. The van der Waals surface area contributed by atoms with E-state index in [-0.39, 0.29) is 0 Å². The van der Waals surface area contributed by atoms with Crippen molar-refractivity contribution in [1.29, 1.82) is 0 Å². The van der Waals surface area contributed by atoms with E-state index in [1.807, 2.05) is 97.2 Å². The van der Waals surface area contributed by atoms with Crippen molar-refractivity contribution < 1.29 is 0 Å². The predicted molar refractivity (Wildman–Crippen MR) is 245 cm³/mol. The Morgan fingerprint density at radius 3 is 1.42 bits per heavy atom. The van der Waals surface area contributed by atoms with Gasteiger partial charge in [0.05, 0.1) is 11.4 Å². The highest BCUT2D eigenvalue weighted by molar-refractivity contribution is 5.84. The molecule has 9 aromatic rings. The van der Waals surface area contributed by atoms with E-state index >= 15 is 0 Å². The maximum Gasteiger partial charge on any atom is 0.164 e. The van der Waals surface area contributed by atoms with Crippen LogP contribution in [-0.4, -0.2) is 24.9 Å². The van der Waals surface area contributed by atoms with Crippen molar-refractivity contribution in [3.05, 3.63) is 236 Å². The van der Waals surface area contributed by atoms with Crippen LogP contribution in [0, 0.1) is 0 Å². The lowest BCUT2D eigenvalue weighted by molar-refractivity contribution is 1.07. The number of benzene rings is 6. The minimum absolute atomic E-state index is 0.604. The average Bonchev–Trinajstić information content (AvgIpc) is 3.34. The molecule has 0 saturated heterocycles. The Morgan fingerprint density at radius 2 is 0.883 bits per heavy atom. The minimum Gasteiger partial charge on any atom is -0.397 e. The highest BCUT2D eigenvalue weighted by atomic mass is 15.0. The molecule has 0 aliphatic heterocycles. The molecule has 3 heterocycles. The number of allylic oxidation sites excluding steroid dienone is 3. The first-order valence-electron chi connectivity index (χ1n) is 19.9. The fraction of sp³-hybridized carbons (Fsp3) is 0.0185. The van der Waals surface area contributed by atoms with Gasteiger partial charge in [-0.3, -0.25) is 9.97 Å². The number of pyridine rings is 2. The lowest BCUT2D eigenvalue weighted by atomic mass is 9.97. The van der Waals surface area contributed by atoms with Gasteiger partial charge < -0.3 is 5.73 Å². The van der Waals surface area contributed by atoms with Crippen molar-refractivity contribution >= 4 is 11.3 Å². The first kappa shape index (κ1) is 37.5. The Morgan fingerprint density at radius 1 is 0.417 bits per heavy atom. The van der Waals surface area contributed by atoms with Crippen molar-refractivity contribution in [1.82, 2.24) is 24.9 Å². The van der Waals surface area contributed by atoms with E-state index in [2.05, 4.69) is 120 Å². The summed E-state index contributed by atoms with van der Waals surface area (Å²) in [6, 6.07) is 66.0. The van der Waals surface area contributed by atoms with Crippen molar-refractivity contribution in [3.63, 3.8) is 0 Å². The second-order valence-electron chi connectivity index (χ2n) is 14.4. The second kappa shape index (κ2) is 17.6. The number of nitrogens with zero attached hydrogens (tertiary/aromatic N) is 5. The Bertz CT molecular complexity index is 2840. The van der Waals surface area contributed by atoms with Crippen molar-refractivity contribution in [2.24, 2.45) is 5.73 Å². The number of hydrogen-bond donors (Lipinski definition) is 1. The van der Waals surface area contributed by atoms with E-state index < -0.39 is 0 Å². The fourth-order valence-electron chi connectivity index (χ4n) is 7.08. The molecule has 9 rings (SSSR count). The van der Waals surface area contributed by atoms with Gasteiger partial charge in [0.2, 0.25) is 0 Å². The molecule has 6 heteroatoms. The summed E-state index contributed by atoms with van der Waals surface area (Å²) < 4.78 is 0. The van der Waals surface area contributed by atoms with E-state index in [9.17, 15) is 0 Å². The summed E-state index contributed by atoms with van der Waals surface area (Å²) in [4.78, 5) is 23.9. The molecule has 286 valence electrons. The standard InChI is InChI=1S/C54H40N6/c55-50(51-21-10-11-34-56-51)36-47(46-20-12-19-45(35-46)38-13-4-1-5-14-38)30-32-49-33-31-48(37-57-49)41-24-22-39(23-25-41)40-26-28-44(29-27-40)54-59-52(42-15-6-2-7-16-42)58-53(60-54)43-17-8-3-9-18-43/h1-31,33-37H,32,55H2/b47-30+,50-36-. The zero-order valence-corrected chi connectivity index (χ0v) is 32.8. The van der Waals surface area contributed by atoms with Crippen LogP contribution in [0.15, 0.2) is 219 Å². The Kier molecular flexibility index (Phi) is 11.0. The first-order valence-corrected chi connectivity index (χ1v) is 19.9. The smallest absolute Gasteiger partial charge is 0.164 e. The Labute approximate surface area is 350 Å². The van der Waals surface area contributed by atoms with Crippen LogP contribution >= 0.6 is 0 Å². The normalized spacial score (nSPS) is 11.7. The molecular formula is C54H40N6. The molecule has 0 fully saturated rings. The van der Waals surface area contributed by atoms with Crippen LogP contribution in [0.1, 0.15) is 17.0 Å². The molecule has 0 saturated carbocycles. The summed E-state index contributed by atoms with van der Waals surface area (Å²) in [5, 5.41) is 0. The molecule has 0 atom stereocenters. The lowest BCUT2D eigenvalue weighted by Crippen LogP contribution is -2.00. The first-order chi connectivity index (χ1) is 29.6. The largest absolute Gasteiger partial charge is 0.397 e. The molecule has 0 unspecified atom stereocenters. The van der Waals surface area contributed by atoms with E-state index in [1.165, 1.54) is 0 Å². The topological polar surface area (TPSA) is 90.5 Å². The zero-order valence-electron chi connectivity index (χ0n) is 32.8. The third-order valence-corrected chi connectivity index (χ3v) is 10.3. The Hall–Kier alpha value is -8.09. The average molecular weight is 773 g/mol. The van der Waals surface area contributed by atoms with Gasteiger partial charge in [0, 0.05) is 46.8 Å². The fourth-order valence-corrected chi connectivity index (χ4v) is 7.08. The van der Waals surface area contributed by atoms with Crippen molar-refractivity contribution in [2.75, 3.05) is 0 Å². The Balaban J connectivity index is 0.928. The van der Waals surface area contributed by atoms with Crippen LogP contribution < -0.4 is 5.73 Å². The lowest BCUT2D eigenvalue weighted by Gasteiger charge is -2.10. The second-order valence-corrected chi connectivity index (χ2v) is 14.4. The summed E-state index contributed by atoms with van der Waals surface area (Å²) in [5.41, 5.74) is 20.5. The van der Waals surface area contributed by atoms with Crippen LogP contribution in [0.3, 0.4) is 0 Å². The van der Waals surface area contributed by atoms with Crippen LogP contribution in [0.25, 0.3) is 78.8 Å². The van der Waals surface area contributed by atoms with Gasteiger partial charge in [0.1, 0.15) is 0 Å². The zero-order chi connectivity index (χ0) is 40.5. The number of aromatic nitrogens is 5. The maximum absolute atomic E-state index is 6.60. The third-order valence-electron chi connectivity index (χ3n) is 10.3. The molecule has 0 spiro atoms. The summed E-state index contributed by atoms with van der Waals surface area (Å²) in [6.07, 6.45) is 8.54. The quantitative estimate of drug-likeness (QED) is 0.132. The SMILES string of the molecule is N/C(=C\C(=C/Cc1ccc(-c2ccc(-c3ccc(-c4nc(-c5ccccc5)nc(-c5ccccc5)n4)cc3)cc2)cn1)c1cccc(-c2ccccc2)c1)c1ccccn1. The van der Waals surface area contributed by atoms with Gasteiger partial charge in [0.15, 0.2) is 17.5 Å². The van der Waals surface area contributed by atoms with Crippen LogP contribution in [0.2, 0.25) is 0 Å². The minimum atomic E-state index is 0.604. The van der Waals surface area contributed by atoms with E-state index in [0.29, 0.717) is 29.6 Å². The third kappa shape index (κ3) is 8.74. The van der Waals surface area contributed by atoms with E-state index in [4.69, 9.17) is 25.7 Å². The van der Waals surface area contributed by atoms with Gasteiger partial charge in [-0.25, -0.2) is 15.0 Å². The molecule has 3 aromatic heterocycles. The molecule has 0 aliphatic carbocycles. The van der Waals surface area contributed by atoms with Gasteiger partial charge >= 0.3 is 0 Å². The van der Waals surface area contributed by atoms with Gasteiger partial charge in [-0.2, -0.15) is 0 Å². The van der Waals surface area contributed by atoms with Gasteiger partial charge in [-0.05, 0) is 69.3 Å². The summed E-state index contributed by atoms with van der Waals surface area (Å²) in [7, 11) is 0. The van der Waals surface area contributed by atoms with Gasteiger partial charge in [-0.1, -0.05) is 176 Å². The number of rotatable bonds is 11. The molecule has 6 aromatic carbocycles. The highest BCUT2D eigenvalue weighted by Gasteiger charge is 2.13. The summed E-state index contributed by atoms with van der Waals surface area (Å²) >= 11 is 0. The van der Waals surface area contributed by atoms with Crippen molar-refractivity contribution in [2.45, 2.75) is 6.42 Å². The monoisotopic (exact) mass is 772 g/mol. The summed E-state index contributed by atoms with van der Waals surface area (Å²) in [6.45, 7) is 0. The van der Waals surface area contributed by atoms with Gasteiger partial charge in [-0.15, -0.1) is 0 Å². The molecule has 0 bridgehead atoms. The number of hydrogen-bond acceptors (Lipinski definition) is 6. The molecule has 2 N–H and O–H groups in total. The van der Waals surface area contributed by atoms with E-state index in [1.54, 1.807) is 6.20 Å². The predicted octanol–water partition coefficient (Wildman–Crippen LogP) is 12.3. The summed E-state index contributed by atoms with van der Waals surface area (Å²) in [5.74, 6) is 1.92. The maximum atomic E-state index is 6.60. The highest BCUT2D eigenvalue weighted by Crippen LogP contribution is 2.30. The van der Waals surface area contributed by atoms with Gasteiger partial charge in [0.25, 0.3) is 0 Å². The number of nitrogens with two attached hydrogens (primary N) is 1. The van der Waals surface area contributed by atoms with Crippen LogP contribution in [0.4, 0.5) is 0 Å².